The molecule has 0 saturated carbocycles. The van der Waals surface area contributed by atoms with Gasteiger partial charge in [0.15, 0.2) is 0 Å². The zero-order valence-electron chi connectivity index (χ0n) is 8.55. The molecule has 0 radical (unpaired) electrons. The van der Waals surface area contributed by atoms with Crippen molar-refractivity contribution in [2.24, 2.45) is 5.90 Å². The van der Waals surface area contributed by atoms with Crippen molar-refractivity contribution in [2.75, 3.05) is 6.61 Å². The molecule has 1 aliphatic rings. The number of nitrogens with one attached hydrogen (secondary N) is 1. The van der Waals surface area contributed by atoms with Crippen LogP contribution in [0.25, 0.3) is 0 Å². The minimum absolute atomic E-state index is 0.290. The molecule has 0 fully saturated rings. The first-order valence-corrected chi connectivity index (χ1v) is 5.20. The monoisotopic (exact) mass is 195 g/mol. The standard InChI is InChI=1S/C10H17N3O/c1-7(6-14-11)10-8-4-2-3-5-9(8)12-13-10/h7H,2-6,11H2,1H3,(H,12,13). The predicted octanol–water partition coefficient (Wildman–Crippen LogP) is 1.28. The van der Waals surface area contributed by atoms with E-state index in [0.717, 1.165) is 18.5 Å². The number of aryl methyl sites for hydroxylation is 1. The number of hydrogen-bond acceptors (Lipinski definition) is 3. The van der Waals surface area contributed by atoms with Crippen LogP contribution in [0.5, 0.6) is 0 Å². The van der Waals surface area contributed by atoms with Crippen molar-refractivity contribution in [1.29, 1.82) is 0 Å². The van der Waals surface area contributed by atoms with Crippen LogP contribution in [-0.2, 0) is 17.7 Å². The van der Waals surface area contributed by atoms with Crippen molar-refractivity contribution in [1.82, 2.24) is 10.2 Å². The number of fused-ring (bicyclic) bond motifs is 1. The third-order valence-corrected chi connectivity index (χ3v) is 2.90. The molecule has 1 atom stereocenters. The fourth-order valence-electron chi connectivity index (χ4n) is 2.14. The molecule has 1 unspecified atom stereocenters. The Balaban J connectivity index is 2.21. The topological polar surface area (TPSA) is 63.9 Å². The minimum atomic E-state index is 0.290. The second-order valence-corrected chi connectivity index (χ2v) is 4.01. The molecule has 78 valence electrons. The van der Waals surface area contributed by atoms with Gasteiger partial charge in [-0.15, -0.1) is 0 Å². The van der Waals surface area contributed by atoms with Crippen molar-refractivity contribution in [2.45, 2.75) is 38.5 Å². The maximum absolute atomic E-state index is 5.07. The maximum Gasteiger partial charge on any atom is 0.0761 e. The Morgan fingerprint density at radius 3 is 3.07 bits per heavy atom. The second-order valence-electron chi connectivity index (χ2n) is 4.01. The van der Waals surface area contributed by atoms with Gasteiger partial charge in [-0.3, -0.25) is 5.10 Å². The van der Waals surface area contributed by atoms with E-state index in [1.165, 1.54) is 24.1 Å². The molecule has 4 nitrogen and oxygen atoms in total. The first-order valence-electron chi connectivity index (χ1n) is 5.20. The number of aromatic nitrogens is 2. The molecule has 0 amide bonds. The van der Waals surface area contributed by atoms with Gasteiger partial charge in [-0.2, -0.15) is 5.10 Å². The fourth-order valence-corrected chi connectivity index (χ4v) is 2.14. The summed E-state index contributed by atoms with van der Waals surface area (Å²) in [5.41, 5.74) is 3.86. The van der Waals surface area contributed by atoms with Crippen LogP contribution in [0.15, 0.2) is 0 Å². The molecule has 0 spiro atoms. The van der Waals surface area contributed by atoms with Crippen LogP contribution in [0.4, 0.5) is 0 Å². The van der Waals surface area contributed by atoms with Gasteiger partial charge in [0.05, 0.1) is 12.3 Å². The van der Waals surface area contributed by atoms with Crippen molar-refractivity contribution in [3.05, 3.63) is 17.0 Å². The van der Waals surface area contributed by atoms with Crippen LogP contribution in [0.1, 0.15) is 42.6 Å². The number of hydrogen-bond donors (Lipinski definition) is 2. The molecule has 0 aliphatic heterocycles. The maximum atomic E-state index is 5.07. The number of nitrogens with two attached hydrogens (primary N) is 1. The van der Waals surface area contributed by atoms with E-state index in [0.29, 0.717) is 6.61 Å². The Labute approximate surface area is 83.8 Å². The third-order valence-electron chi connectivity index (χ3n) is 2.90. The number of rotatable bonds is 3. The van der Waals surface area contributed by atoms with E-state index in [1.807, 2.05) is 0 Å². The summed E-state index contributed by atoms with van der Waals surface area (Å²) in [6.07, 6.45) is 4.83. The second kappa shape index (κ2) is 4.11. The Morgan fingerprint density at radius 1 is 1.50 bits per heavy atom. The first-order chi connectivity index (χ1) is 6.83. The summed E-state index contributed by atoms with van der Waals surface area (Å²) in [4.78, 5) is 4.66. The lowest BCUT2D eigenvalue weighted by atomic mass is 9.92. The zero-order valence-corrected chi connectivity index (χ0v) is 8.55. The van der Waals surface area contributed by atoms with Crippen LogP contribution in [-0.4, -0.2) is 16.8 Å². The molecule has 3 N–H and O–H groups in total. The highest BCUT2D eigenvalue weighted by atomic mass is 16.6. The van der Waals surface area contributed by atoms with Crippen LogP contribution < -0.4 is 5.90 Å². The van der Waals surface area contributed by atoms with Gasteiger partial charge in [-0.05, 0) is 31.2 Å². The lowest BCUT2D eigenvalue weighted by Crippen LogP contribution is -2.11. The number of nitrogens with zero attached hydrogens (tertiary/aromatic N) is 1. The van der Waals surface area contributed by atoms with Crippen LogP contribution in [0, 0.1) is 0 Å². The van der Waals surface area contributed by atoms with Crippen LogP contribution >= 0.6 is 0 Å². The van der Waals surface area contributed by atoms with Crippen molar-refractivity contribution in [3.63, 3.8) is 0 Å². The van der Waals surface area contributed by atoms with Gasteiger partial charge in [0.2, 0.25) is 0 Å². The molecule has 2 rings (SSSR count). The lowest BCUT2D eigenvalue weighted by molar-refractivity contribution is 0.125. The van der Waals surface area contributed by atoms with Gasteiger partial charge < -0.3 is 4.84 Å². The molecule has 0 saturated heterocycles. The summed E-state index contributed by atoms with van der Waals surface area (Å²) in [5, 5.41) is 7.47. The van der Waals surface area contributed by atoms with Crippen LogP contribution in [0.2, 0.25) is 0 Å². The summed E-state index contributed by atoms with van der Waals surface area (Å²) < 4.78 is 0. The Kier molecular flexibility index (Phi) is 2.84. The lowest BCUT2D eigenvalue weighted by Gasteiger charge is -2.14. The minimum Gasteiger partial charge on any atom is -0.304 e. The van der Waals surface area contributed by atoms with Gasteiger partial charge in [0, 0.05) is 11.6 Å². The molecule has 1 aliphatic carbocycles. The average molecular weight is 195 g/mol. The number of aromatic amines is 1. The Morgan fingerprint density at radius 2 is 2.29 bits per heavy atom. The van der Waals surface area contributed by atoms with Gasteiger partial charge in [-0.1, -0.05) is 6.92 Å². The Bertz CT molecular complexity index is 308. The van der Waals surface area contributed by atoms with E-state index in [2.05, 4.69) is 22.0 Å². The number of H-pyrrole nitrogens is 1. The highest BCUT2D eigenvalue weighted by Gasteiger charge is 2.20. The predicted molar refractivity (Wildman–Crippen MR) is 53.8 cm³/mol. The van der Waals surface area contributed by atoms with Crippen molar-refractivity contribution >= 4 is 0 Å². The molecule has 4 heteroatoms. The van der Waals surface area contributed by atoms with E-state index in [9.17, 15) is 0 Å². The molecule has 14 heavy (non-hydrogen) atoms. The van der Waals surface area contributed by atoms with Crippen molar-refractivity contribution in [3.8, 4) is 0 Å². The summed E-state index contributed by atoms with van der Waals surface area (Å²) in [6, 6.07) is 0. The Hall–Kier alpha value is -0.870. The SMILES string of the molecule is CC(CON)c1n[nH]c2c1CCCC2. The fraction of sp³-hybridized carbons (Fsp3) is 0.700. The van der Waals surface area contributed by atoms with E-state index in [-0.39, 0.29) is 5.92 Å². The molecular formula is C10H17N3O. The first kappa shape index (κ1) is 9.68. The van der Waals surface area contributed by atoms with Gasteiger partial charge in [0.1, 0.15) is 0 Å². The summed E-state index contributed by atoms with van der Waals surface area (Å²) >= 11 is 0. The quantitative estimate of drug-likeness (QED) is 0.714. The molecule has 0 aromatic carbocycles. The van der Waals surface area contributed by atoms with Gasteiger partial charge >= 0.3 is 0 Å². The smallest absolute Gasteiger partial charge is 0.0761 e. The van der Waals surface area contributed by atoms with Gasteiger partial charge in [0.25, 0.3) is 0 Å². The third kappa shape index (κ3) is 1.67. The molecular weight excluding hydrogens is 178 g/mol. The van der Waals surface area contributed by atoms with E-state index in [4.69, 9.17) is 5.90 Å². The van der Waals surface area contributed by atoms with E-state index < -0.39 is 0 Å². The van der Waals surface area contributed by atoms with E-state index in [1.54, 1.807) is 0 Å². The molecule has 0 bridgehead atoms. The molecule has 1 aromatic rings. The van der Waals surface area contributed by atoms with E-state index >= 15 is 0 Å². The largest absolute Gasteiger partial charge is 0.304 e. The average Bonchev–Trinajstić information content (AvgIpc) is 2.61. The summed E-state index contributed by atoms with van der Waals surface area (Å²) in [6.45, 7) is 2.63. The molecule has 1 aromatic heterocycles. The van der Waals surface area contributed by atoms with Crippen molar-refractivity contribution < 1.29 is 4.84 Å². The highest BCUT2D eigenvalue weighted by Crippen LogP contribution is 2.26. The normalized spacial score (nSPS) is 17.9. The zero-order chi connectivity index (χ0) is 9.97. The highest BCUT2D eigenvalue weighted by molar-refractivity contribution is 5.29. The summed E-state index contributed by atoms with van der Waals surface area (Å²) in [7, 11) is 0. The van der Waals surface area contributed by atoms with Crippen LogP contribution in [0.3, 0.4) is 0 Å². The molecule has 1 heterocycles. The summed E-state index contributed by atoms with van der Waals surface area (Å²) in [5.74, 6) is 5.36. The van der Waals surface area contributed by atoms with Gasteiger partial charge in [-0.25, -0.2) is 5.90 Å².